The van der Waals surface area contributed by atoms with Gasteiger partial charge in [0, 0.05) is 16.6 Å². The molecular formula is C12H13BrN4O. The summed E-state index contributed by atoms with van der Waals surface area (Å²) in [5, 5.41) is 7.35. The number of rotatable bonds is 2. The Labute approximate surface area is 113 Å². The van der Waals surface area contributed by atoms with Crippen molar-refractivity contribution in [3.63, 3.8) is 0 Å². The van der Waals surface area contributed by atoms with Crippen LogP contribution in [-0.4, -0.2) is 28.2 Å². The normalized spacial score (nSPS) is 16.9. The van der Waals surface area contributed by atoms with Gasteiger partial charge in [-0.1, -0.05) is 5.16 Å². The molecule has 18 heavy (non-hydrogen) atoms. The third-order valence-electron chi connectivity index (χ3n) is 3.10. The van der Waals surface area contributed by atoms with Crippen molar-refractivity contribution in [2.75, 3.05) is 13.1 Å². The van der Waals surface area contributed by atoms with Crippen molar-refractivity contribution in [3.8, 4) is 11.5 Å². The van der Waals surface area contributed by atoms with Crippen LogP contribution in [0, 0.1) is 0 Å². The molecule has 3 heterocycles. The number of piperidine rings is 1. The minimum absolute atomic E-state index is 0.370. The van der Waals surface area contributed by atoms with Gasteiger partial charge in [-0.25, -0.2) is 0 Å². The number of pyridine rings is 1. The van der Waals surface area contributed by atoms with Gasteiger partial charge in [-0.3, -0.25) is 4.98 Å². The standard InChI is InChI=1S/C12H13BrN4O/c13-9-2-1-5-15-10(9)11-16-12(18-17-11)8-3-6-14-7-4-8/h1-2,5,8,14H,3-4,6-7H2. The van der Waals surface area contributed by atoms with Gasteiger partial charge >= 0.3 is 0 Å². The van der Waals surface area contributed by atoms with E-state index in [1.54, 1.807) is 6.20 Å². The molecule has 1 saturated heterocycles. The maximum atomic E-state index is 5.36. The molecule has 1 N–H and O–H groups in total. The molecule has 5 nitrogen and oxygen atoms in total. The second kappa shape index (κ2) is 5.16. The fourth-order valence-electron chi connectivity index (χ4n) is 2.12. The van der Waals surface area contributed by atoms with Gasteiger partial charge in [0.25, 0.3) is 0 Å². The zero-order valence-corrected chi connectivity index (χ0v) is 11.4. The summed E-state index contributed by atoms with van der Waals surface area (Å²) in [7, 11) is 0. The summed E-state index contributed by atoms with van der Waals surface area (Å²) in [6, 6.07) is 3.78. The average molecular weight is 309 g/mol. The van der Waals surface area contributed by atoms with E-state index in [4.69, 9.17) is 4.52 Å². The summed E-state index contributed by atoms with van der Waals surface area (Å²) < 4.78 is 6.24. The van der Waals surface area contributed by atoms with Crippen LogP contribution < -0.4 is 5.32 Å². The van der Waals surface area contributed by atoms with Gasteiger partial charge in [-0.15, -0.1) is 0 Å². The number of aromatic nitrogens is 3. The average Bonchev–Trinajstić information content (AvgIpc) is 2.90. The second-order valence-electron chi connectivity index (χ2n) is 4.31. The fourth-order valence-corrected chi connectivity index (χ4v) is 2.55. The highest BCUT2D eigenvalue weighted by Gasteiger charge is 2.22. The van der Waals surface area contributed by atoms with Crippen molar-refractivity contribution in [2.45, 2.75) is 18.8 Å². The Morgan fingerprint density at radius 3 is 2.94 bits per heavy atom. The van der Waals surface area contributed by atoms with Gasteiger partial charge in [0.15, 0.2) is 0 Å². The number of nitrogens with one attached hydrogen (secondary N) is 1. The molecule has 6 heteroatoms. The summed E-state index contributed by atoms with van der Waals surface area (Å²) in [6.45, 7) is 2.02. The van der Waals surface area contributed by atoms with Gasteiger partial charge in [-0.2, -0.15) is 4.98 Å². The maximum Gasteiger partial charge on any atom is 0.230 e. The SMILES string of the molecule is Brc1cccnc1-c1noc(C2CCNCC2)n1. The molecule has 94 valence electrons. The summed E-state index contributed by atoms with van der Waals surface area (Å²) in [5.41, 5.74) is 0.724. The van der Waals surface area contributed by atoms with Crippen molar-refractivity contribution in [2.24, 2.45) is 0 Å². The van der Waals surface area contributed by atoms with E-state index in [1.165, 1.54) is 0 Å². The molecule has 1 fully saturated rings. The summed E-state index contributed by atoms with van der Waals surface area (Å²) in [6.07, 6.45) is 3.82. The van der Waals surface area contributed by atoms with E-state index in [0.717, 1.165) is 42.0 Å². The number of hydrogen-bond acceptors (Lipinski definition) is 5. The van der Waals surface area contributed by atoms with Crippen LogP contribution in [0.5, 0.6) is 0 Å². The molecule has 0 unspecified atom stereocenters. The Morgan fingerprint density at radius 1 is 1.33 bits per heavy atom. The van der Waals surface area contributed by atoms with E-state index < -0.39 is 0 Å². The Balaban J connectivity index is 1.87. The van der Waals surface area contributed by atoms with Crippen LogP contribution in [0.25, 0.3) is 11.5 Å². The lowest BCUT2D eigenvalue weighted by atomic mass is 9.98. The van der Waals surface area contributed by atoms with Crippen LogP contribution in [0.2, 0.25) is 0 Å². The predicted octanol–water partition coefficient (Wildman–Crippen LogP) is 2.36. The lowest BCUT2D eigenvalue weighted by Crippen LogP contribution is -2.26. The van der Waals surface area contributed by atoms with E-state index in [0.29, 0.717) is 11.7 Å². The molecule has 1 aliphatic rings. The van der Waals surface area contributed by atoms with Crippen LogP contribution in [0.15, 0.2) is 27.3 Å². The van der Waals surface area contributed by atoms with Crippen molar-refractivity contribution in [1.82, 2.24) is 20.4 Å². The van der Waals surface area contributed by atoms with E-state index in [9.17, 15) is 0 Å². The van der Waals surface area contributed by atoms with Gasteiger partial charge < -0.3 is 9.84 Å². The van der Waals surface area contributed by atoms with Crippen LogP contribution in [-0.2, 0) is 0 Å². The second-order valence-corrected chi connectivity index (χ2v) is 5.17. The van der Waals surface area contributed by atoms with Gasteiger partial charge in [-0.05, 0) is 54.0 Å². The van der Waals surface area contributed by atoms with Crippen LogP contribution in [0.3, 0.4) is 0 Å². The molecule has 2 aromatic heterocycles. The highest BCUT2D eigenvalue weighted by atomic mass is 79.9. The fraction of sp³-hybridized carbons (Fsp3) is 0.417. The summed E-state index contributed by atoms with van der Waals surface area (Å²) >= 11 is 3.44. The van der Waals surface area contributed by atoms with E-state index in [1.807, 2.05) is 12.1 Å². The molecule has 0 aromatic carbocycles. The first-order chi connectivity index (χ1) is 8.84. The molecular weight excluding hydrogens is 296 g/mol. The molecule has 0 atom stereocenters. The molecule has 0 bridgehead atoms. The lowest BCUT2D eigenvalue weighted by Gasteiger charge is -2.18. The Bertz CT molecular complexity index is 536. The minimum atomic E-state index is 0.370. The predicted molar refractivity (Wildman–Crippen MR) is 70.1 cm³/mol. The Morgan fingerprint density at radius 2 is 2.17 bits per heavy atom. The first kappa shape index (κ1) is 11.8. The van der Waals surface area contributed by atoms with Crippen LogP contribution in [0.4, 0.5) is 0 Å². The van der Waals surface area contributed by atoms with Crippen molar-refractivity contribution >= 4 is 15.9 Å². The summed E-state index contributed by atoms with van der Waals surface area (Å²) in [4.78, 5) is 8.73. The largest absolute Gasteiger partial charge is 0.339 e. The number of halogens is 1. The van der Waals surface area contributed by atoms with E-state index in [-0.39, 0.29) is 0 Å². The molecule has 3 rings (SSSR count). The third-order valence-corrected chi connectivity index (χ3v) is 3.74. The number of hydrogen-bond donors (Lipinski definition) is 1. The zero-order chi connectivity index (χ0) is 12.4. The zero-order valence-electron chi connectivity index (χ0n) is 9.77. The summed E-state index contributed by atoms with van der Waals surface area (Å²) in [5.74, 6) is 1.65. The van der Waals surface area contributed by atoms with Gasteiger partial charge in [0.2, 0.25) is 11.7 Å². The van der Waals surface area contributed by atoms with Crippen molar-refractivity contribution in [3.05, 3.63) is 28.7 Å². The third kappa shape index (κ3) is 2.30. The Hall–Kier alpha value is -1.27. The first-order valence-corrected chi connectivity index (χ1v) is 6.79. The quantitative estimate of drug-likeness (QED) is 0.922. The van der Waals surface area contributed by atoms with Crippen molar-refractivity contribution in [1.29, 1.82) is 0 Å². The lowest BCUT2D eigenvalue weighted by molar-refractivity contribution is 0.320. The highest BCUT2D eigenvalue weighted by Crippen LogP contribution is 2.27. The van der Waals surface area contributed by atoms with E-state index in [2.05, 4.69) is 36.4 Å². The molecule has 0 aliphatic carbocycles. The van der Waals surface area contributed by atoms with Crippen LogP contribution in [0.1, 0.15) is 24.7 Å². The maximum absolute atomic E-state index is 5.36. The topological polar surface area (TPSA) is 63.8 Å². The smallest absolute Gasteiger partial charge is 0.230 e. The van der Waals surface area contributed by atoms with Crippen LogP contribution >= 0.6 is 15.9 Å². The first-order valence-electron chi connectivity index (χ1n) is 6.00. The highest BCUT2D eigenvalue weighted by molar-refractivity contribution is 9.10. The molecule has 0 saturated carbocycles. The molecule has 0 spiro atoms. The molecule has 1 aliphatic heterocycles. The molecule has 0 amide bonds. The monoisotopic (exact) mass is 308 g/mol. The molecule has 2 aromatic rings. The Kier molecular flexibility index (Phi) is 3.38. The number of nitrogens with zero attached hydrogens (tertiary/aromatic N) is 3. The van der Waals surface area contributed by atoms with E-state index >= 15 is 0 Å². The van der Waals surface area contributed by atoms with Crippen molar-refractivity contribution < 1.29 is 4.52 Å². The molecule has 0 radical (unpaired) electrons. The van der Waals surface area contributed by atoms with Gasteiger partial charge in [0.1, 0.15) is 5.69 Å². The minimum Gasteiger partial charge on any atom is -0.339 e. The van der Waals surface area contributed by atoms with Gasteiger partial charge in [0.05, 0.1) is 0 Å².